The van der Waals surface area contributed by atoms with Crippen molar-refractivity contribution in [1.29, 1.82) is 10.5 Å². The molecule has 5 heteroatoms. The van der Waals surface area contributed by atoms with E-state index >= 15 is 0 Å². The third-order valence-electron chi connectivity index (χ3n) is 4.36. The predicted octanol–water partition coefficient (Wildman–Crippen LogP) is 4.33. The molecule has 1 aliphatic rings. The number of nitrogens with zero attached hydrogens (tertiary/aromatic N) is 2. The fourth-order valence-electron chi connectivity index (χ4n) is 3.24. The van der Waals surface area contributed by atoms with Gasteiger partial charge in [0.15, 0.2) is 0 Å². The quantitative estimate of drug-likeness (QED) is 0.786. The van der Waals surface area contributed by atoms with Crippen LogP contribution in [0.2, 0.25) is 0 Å². The summed E-state index contributed by atoms with van der Waals surface area (Å²) in [5.74, 6) is 0. The van der Waals surface area contributed by atoms with Crippen molar-refractivity contribution in [1.82, 2.24) is 0 Å². The first kappa shape index (κ1) is 15.1. The van der Waals surface area contributed by atoms with E-state index < -0.39 is 17.2 Å². The van der Waals surface area contributed by atoms with Crippen molar-refractivity contribution in [3.63, 3.8) is 0 Å². The summed E-state index contributed by atoms with van der Waals surface area (Å²) in [6.45, 7) is 0. The van der Waals surface area contributed by atoms with Gasteiger partial charge in [-0.15, -0.1) is 0 Å². The van der Waals surface area contributed by atoms with E-state index in [1.165, 1.54) is 0 Å². The van der Waals surface area contributed by atoms with Gasteiger partial charge >= 0.3 is 6.18 Å². The first-order chi connectivity index (χ1) is 10.9. The average molecular weight is 312 g/mol. The number of nitriles is 2. The molecule has 2 aromatic rings. The molecule has 0 fully saturated rings. The molecular weight excluding hydrogens is 301 g/mol. The minimum absolute atomic E-state index is 0.108. The predicted molar refractivity (Wildman–Crippen MR) is 77.3 cm³/mol. The second-order valence-corrected chi connectivity index (χ2v) is 5.54. The van der Waals surface area contributed by atoms with Crippen LogP contribution < -0.4 is 0 Å². The summed E-state index contributed by atoms with van der Waals surface area (Å²) in [4.78, 5) is 0. The topological polar surface area (TPSA) is 47.6 Å². The summed E-state index contributed by atoms with van der Waals surface area (Å²) in [5.41, 5.74) is -0.166. The molecule has 23 heavy (non-hydrogen) atoms. The van der Waals surface area contributed by atoms with Gasteiger partial charge in [-0.3, -0.25) is 0 Å². The van der Waals surface area contributed by atoms with Gasteiger partial charge in [-0.1, -0.05) is 24.3 Å². The molecule has 114 valence electrons. The van der Waals surface area contributed by atoms with Gasteiger partial charge in [0.25, 0.3) is 0 Å². The maximum Gasteiger partial charge on any atom is 0.416 e. The van der Waals surface area contributed by atoms with Crippen LogP contribution >= 0.6 is 0 Å². The molecule has 2 aromatic carbocycles. The van der Waals surface area contributed by atoms with Gasteiger partial charge < -0.3 is 0 Å². The SMILES string of the molecule is N#Cc1ccc(C(F)(F)F)cc1C1(C#N)CCc2ccccc21. The number of halogens is 3. The van der Waals surface area contributed by atoms with Gasteiger partial charge in [0.1, 0.15) is 5.41 Å². The standard InChI is InChI=1S/C18H11F3N2/c19-18(20,21)14-6-5-13(10-22)16(9-14)17(11-23)8-7-12-3-1-2-4-15(12)17/h1-6,9H,7-8H2. The smallest absolute Gasteiger partial charge is 0.197 e. The van der Waals surface area contributed by atoms with Gasteiger partial charge in [-0.2, -0.15) is 23.7 Å². The Bertz CT molecular complexity index is 856. The van der Waals surface area contributed by atoms with E-state index in [1.54, 1.807) is 12.1 Å². The van der Waals surface area contributed by atoms with Crippen molar-refractivity contribution in [3.8, 4) is 12.1 Å². The van der Waals surface area contributed by atoms with E-state index in [2.05, 4.69) is 6.07 Å². The first-order valence-corrected chi connectivity index (χ1v) is 7.04. The van der Waals surface area contributed by atoms with Crippen LogP contribution in [-0.4, -0.2) is 0 Å². The summed E-state index contributed by atoms with van der Waals surface area (Å²) in [5, 5.41) is 19.1. The van der Waals surface area contributed by atoms with Crippen molar-refractivity contribution in [3.05, 3.63) is 70.3 Å². The third-order valence-corrected chi connectivity index (χ3v) is 4.36. The van der Waals surface area contributed by atoms with E-state index in [4.69, 9.17) is 0 Å². The fraction of sp³-hybridized carbons (Fsp3) is 0.222. The van der Waals surface area contributed by atoms with E-state index in [9.17, 15) is 23.7 Å². The molecule has 0 heterocycles. The molecule has 0 aromatic heterocycles. The number of rotatable bonds is 1. The van der Waals surface area contributed by atoms with Gasteiger partial charge in [-0.25, -0.2) is 0 Å². The second kappa shape index (κ2) is 5.14. The lowest BCUT2D eigenvalue weighted by atomic mass is 9.74. The lowest BCUT2D eigenvalue weighted by molar-refractivity contribution is -0.137. The molecule has 2 nitrogen and oxygen atoms in total. The summed E-state index contributed by atoms with van der Waals surface area (Å²) in [7, 11) is 0. The Morgan fingerprint density at radius 3 is 2.39 bits per heavy atom. The first-order valence-electron chi connectivity index (χ1n) is 7.04. The highest BCUT2D eigenvalue weighted by Gasteiger charge is 2.43. The molecule has 0 bridgehead atoms. The Labute approximate surface area is 131 Å². The van der Waals surface area contributed by atoms with Crippen molar-refractivity contribution in [2.75, 3.05) is 0 Å². The molecular formula is C18H11F3N2. The fourth-order valence-corrected chi connectivity index (χ4v) is 3.24. The minimum Gasteiger partial charge on any atom is -0.197 e. The maximum absolute atomic E-state index is 13.0. The summed E-state index contributed by atoms with van der Waals surface area (Å²) in [6.07, 6.45) is -3.54. The van der Waals surface area contributed by atoms with E-state index in [0.29, 0.717) is 18.4 Å². The molecule has 3 rings (SSSR count). The summed E-state index contributed by atoms with van der Waals surface area (Å²) < 4.78 is 39.1. The summed E-state index contributed by atoms with van der Waals surface area (Å²) >= 11 is 0. The molecule has 0 amide bonds. The monoisotopic (exact) mass is 312 g/mol. The molecule has 0 N–H and O–H groups in total. The van der Waals surface area contributed by atoms with Crippen molar-refractivity contribution < 1.29 is 13.2 Å². The van der Waals surface area contributed by atoms with E-state index in [1.807, 2.05) is 18.2 Å². The normalized spacial score (nSPS) is 19.7. The zero-order chi connectivity index (χ0) is 16.7. The highest BCUT2D eigenvalue weighted by Crippen LogP contribution is 2.46. The van der Waals surface area contributed by atoms with Crippen LogP contribution in [0.4, 0.5) is 13.2 Å². The van der Waals surface area contributed by atoms with Gasteiger partial charge in [0, 0.05) is 0 Å². The molecule has 1 unspecified atom stereocenters. The second-order valence-electron chi connectivity index (χ2n) is 5.54. The lowest BCUT2D eigenvalue weighted by Crippen LogP contribution is -2.24. The molecule has 0 spiro atoms. The molecule has 1 atom stereocenters. The Balaban J connectivity index is 2.29. The Morgan fingerprint density at radius 2 is 1.74 bits per heavy atom. The number of aryl methyl sites for hydroxylation is 1. The number of hydrogen-bond acceptors (Lipinski definition) is 2. The molecule has 1 aliphatic carbocycles. The third kappa shape index (κ3) is 2.26. The summed E-state index contributed by atoms with van der Waals surface area (Å²) in [6, 6.07) is 14.3. The average Bonchev–Trinajstić information content (AvgIpc) is 2.93. The van der Waals surface area contributed by atoms with E-state index in [0.717, 1.165) is 23.8 Å². The van der Waals surface area contributed by atoms with Crippen LogP contribution in [0, 0.1) is 22.7 Å². The Morgan fingerprint density at radius 1 is 1.00 bits per heavy atom. The van der Waals surface area contributed by atoms with Gasteiger partial charge in [0.2, 0.25) is 0 Å². The number of fused-ring (bicyclic) bond motifs is 1. The highest BCUT2D eigenvalue weighted by molar-refractivity contribution is 5.58. The lowest BCUT2D eigenvalue weighted by Gasteiger charge is -2.25. The largest absolute Gasteiger partial charge is 0.416 e. The van der Waals surface area contributed by atoms with E-state index in [-0.39, 0.29) is 11.1 Å². The molecule has 0 saturated carbocycles. The van der Waals surface area contributed by atoms with Crippen molar-refractivity contribution in [2.24, 2.45) is 0 Å². The number of alkyl halides is 3. The van der Waals surface area contributed by atoms with Crippen LogP contribution in [0.1, 0.15) is 34.2 Å². The van der Waals surface area contributed by atoms with Gasteiger partial charge in [-0.05, 0) is 47.7 Å². The molecule has 0 saturated heterocycles. The van der Waals surface area contributed by atoms with Crippen LogP contribution in [-0.2, 0) is 18.0 Å². The van der Waals surface area contributed by atoms with Crippen LogP contribution in [0.5, 0.6) is 0 Å². The van der Waals surface area contributed by atoms with Crippen LogP contribution in [0.25, 0.3) is 0 Å². The zero-order valence-electron chi connectivity index (χ0n) is 12.0. The van der Waals surface area contributed by atoms with Crippen LogP contribution in [0.15, 0.2) is 42.5 Å². The molecule has 0 aliphatic heterocycles. The van der Waals surface area contributed by atoms with Crippen molar-refractivity contribution in [2.45, 2.75) is 24.4 Å². The van der Waals surface area contributed by atoms with Crippen molar-refractivity contribution >= 4 is 0 Å². The van der Waals surface area contributed by atoms with Gasteiger partial charge in [0.05, 0.1) is 23.3 Å². The Hall–Kier alpha value is -2.79. The molecule has 0 radical (unpaired) electrons. The Kier molecular flexibility index (Phi) is 3.38. The minimum atomic E-state index is -4.52. The maximum atomic E-state index is 13.0. The number of hydrogen-bond donors (Lipinski definition) is 0. The number of benzene rings is 2. The zero-order valence-corrected chi connectivity index (χ0v) is 12.0. The van der Waals surface area contributed by atoms with Crippen LogP contribution in [0.3, 0.4) is 0 Å². The highest BCUT2D eigenvalue weighted by atomic mass is 19.4.